The lowest BCUT2D eigenvalue weighted by Gasteiger charge is -2.33. The molecule has 0 bridgehead atoms. The second-order valence-corrected chi connectivity index (χ2v) is 5.46. The fourth-order valence-electron chi connectivity index (χ4n) is 2.42. The molecule has 3 N–H and O–H groups in total. The average Bonchev–Trinajstić information content (AvgIpc) is 2.39. The minimum absolute atomic E-state index is 0.311. The second kappa shape index (κ2) is 6.06. The van der Waals surface area contributed by atoms with Crippen LogP contribution in [-0.2, 0) is 4.74 Å². The molecule has 1 aromatic carbocycles. The molecule has 2 rings (SSSR count). The van der Waals surface area contributed by atoms with Crippen LogP contribution in [0.25, 0.3) is 0 Å². The van der Waals surface area contributed by atoms with Crippen molar-refractivity contribution in [2.45, 2.75) is 38.8 Å². The second-order valence-electron chi connectivity index (χ2n) is 5.46. The number of hydrogen-bond acceptors (Lipinski definition) is 3. The third kappa shape index (κ3) is 3.70. The molecule has 0 spiro atoms. The van der Waals surface area contributed by atoms with E-state index in [4.69, 9.17) is 10.5 Å². The van der Waals surface area contributed by atoms with Crippen molar-refractivity contribution in [3.05, 3.63) is 29.8 Å². The number of anilines is 1. The van der Waals surface area contributed by atoms with E-state index in [1.54, 1.807) is 6.07 Å². The maximum absolute atomic E-state index is 11.2. The number of primary amides is 1. The summed E-state index contributed by atoms with van der Waals surface area (Å²) < 4.78 is 5.76. The quantitative estimate of drug-likeness (QED) is 0.875. The summed E-state index contributed by atoms with van der Waals surface area (Å²) in [5, 5.41) is 3.47. The Morgan fingerprint density at radius 3 is 2.95 bits per heavy atom. The number of amides is 1. The summed E-state index contributed by atoms with van der Waals surface area (Å²) in [5.41, 5.74) is 6.78. The van der Waals surface area contributed by atoms with Gasteiger partial charge in [0, 0.05) is 23.9 Å². The number of carbonyl (C=O) groups is 1. The van der Waals surface area contributed by atoms with Crippen molar-refractivity contribution < 1.29 is 9.53 Å². The molecule has 0 saturated carbocycles. The summed E-state index contributed by atoms with van der Waals surface area (Å²) in [6.45, 7) is 5.15. The zero-order chi connectivity index (χ0) is 13.8. The first kappa shape index (κ1) is 13.9. The van der Waals surface area contributed by atoms with Crippen LogP contribution in [0.5, 0.6) is 0 Å². The van der Waals surface area contributed by atoms with Crippen molar-refractivity contribution in [3.63, 3.8) is 0 Å². The molecule has 0 radical (unpaired) electrons. The predicted octanol–water partition coefficient (Wildman–Crippen LogP) is 2.40. The highest BCUT2D eigenvalue weighted by Crippen LogP contribution is 2.23. The van der Waals surface area contributed by atoms with Crippen LogP contribution in [-0.4, -0.2) is 24.7 Å². The molecule has 1 aliphatic rings. The van der Waals surface area contributed by atoms with Crippen LogP contribution < -0.4 is 11.1 Å². The Hall–Kier alpha value is -1.55. The van der Waals surface area contributed by atoms with Gasteiger partial charge in [0.15, 0.2) is 0 Å². The maximum Gasteiger partial charge on any atom is 0.248 e. The topological polar surface area (TPSA) is 64.3 Å². The van der Waals surface area contributed by atoms with Gasteiger partial charge in [0.05, 0.1) is 6.10 Å². The van der Waals surface area contributed by atoms with E-state index in [0.717, 1.165) is 25.1 Å². The molecule has 1 amide bonds. The Bertz CT molecular complexity index is 446. The fraction of sp³-hybridized carbons (Fsp3) is 0.533. The molecule has 104 valence electrons. The minimum atomic E-state index is -0.393. The van der Waals surface area contributed by atoms with Crippen LogP contribution in [0.15, 0.2) is 24.3 Å². The molecule has 0 aliphatic carbocycles. The van der Waals surface area contributed by atoms with Crippen molar-refractivity contribution in [1.82, 2.24) is 0 Å². The molecule has 19 heavy (non-hydrogen) atoms. The Morgan fingerprint density at radius 2 is 2.26 bits per heavy atom. The lowest BCUT2D eigenvalue weighted by Crippen LogP contribution is -2.36. The summed E-state index contributed by atoms with van der Waals surface area (Å²) in [4.78, 5) is 11.2. The first-order chi connectivity index (χ1) is 9.06. The van der Waals surface area contributed by atoms with Gasteiger partial charge >= 0.3 is 0 Å². The predicted molar refractivity (Wildman–Crippen MR) is 76.2 cm³/mol. The van der Waals surface area contributed by atoms with Gasteiger partial charge in [0.2, 0.25) is 5.91 Å². The highest BCUT2D eigenvalue weighted by molar-refractivity contribution is 5.93. The normalized spacial score (nSPS) is 23.3. The van der Waals surface area contributed by atoms with E-state index in [-0.39, 0.29) is 0 Å². The van der Waals surface area contributed by atoms with Crippen LogP contribution in [0.1, 0.15) is 37.0 Å². The number of nitrogens with one attached hydrogen (secondary N) is 1. The van der Waals surface area contributed by atoms with Gasteiger partial charge < -0.3 is 15.8 Å². The van der Waals surface area contributed by atoms with E-state index in [9.17, 15) is 4.79 Å². The lowest BCUT2D eigenvalue weighted by atomic mass is 9.95. The molecule has 2 atom stereocenters. The number of hydrogen-bond donors (Lipinski definition) is 2. The summed E-state index contributed by atoms with van der Waals surface area (Å²) in [6, 6.07) is 7.74. The molecular formula is C15H22N2O2. The number of benzene rings is 1. The number of nitrogens with two attached hydrogens (primary N) is 1. The van der Waals surface area contributed by atoms with Gasteiger partial charge in [0.25, 0.3) is 0 Å². The van der Waals surface area contributed by atoms with Crippen LogP contribution in [0.2, 0.25) is 0 Å². The molecule has 1 saturated heterocycles. The van der Waals surface area contributed by atoms with Gasteiger partial charge in [-0.25, -0.2) is 0 Å². The maximum atomic E-state index is 11.2. The summed E-state index contributed by atoms with van der Waals surface area (Å²) >= 11 is 0. The SMILES string of the molecule is CC(C)C1CC(Nc2cccc(C(N)=O)c2)CCO1. The number of carbonyl (C=O) groups excluding carboxylic acids is 1. The Morgan fingerprint density at radius 1 is 1.47 bits per heavy atom. The van der Waals surface area contributed by atoms with Gasteiger partial charge in [-0.2, -0.15) is 0 Å². The third-order valence-electron chi connectivity index (χ3n) is 3.58. The van der Waals surface area contributed by atoms with Crippen molar-refractivity contribution >= 4 is 11.6 Å². The Labute approximate surface area is 114 Å². The summed E-state index contributed by atoms with van der Waals surface area (Å²) in [6.07, 6.45) is 2.30. The van der Waals surface area contributed by atoms with E-state index in [1.165, 1.54) is 0 Å². The summed E-state index contributed by atoms with van der Waals surface area (Å²) in [5.74, 6) is 0.136. The number of rotatable bonds is 4. The number of ether oxygens (including phenoxy) is 1. The minimum Gasteiger partial charge on any atom is -0.382 e. The molecule has 1 heterocycles. The Balaban J connectivity index is 2.00. The highest BCUT2D eigenvalue weighted by Gasteiger charge is 2.24. The van der Waals surface area contributed by atoms with Crippen molar-refractivity contribution in [2.75, 3.05) is 11.9 Å². The van der Waals surface area contributed by atoms with E-state index in [1.807, 2.05) is 18.2 Å². The molecule has 1 fully saturated rings. The van der Waals surface area contributed by atoms with Crippen molar-refractivity contribution in [2.24, 2.45) is 11.7 Å². The van der Waals surface area contributed by atoms with E-state index < -0.39 is 5.91 Å². The molecule has 4 heteroatoms. The zero-order valence-electron chi connectivity index (χ0n) is 11.6. The largest absolute Gasteiger partial charge is 0.382 e. The zero-order valence-corrected chi connectivity index (χ0v) is 11.6. The van der Waals surface area contributed by atoms with Gasteiger partial charge in [-0.05, 0) is 37.0 Å². The van der Waals surface area contributed by atoms with E-state index in [2.05, 4.69) is 19.2 Å². The van der Waals surface area contributed by atoms with Gasteiger partial charge in [-0.15, -0.1) is 0 Å². The monoisotopic (exact) mass is 262 g/mol. The summed E-state index contributed by atoms with van der Waals surface area (Å²) in [7, 11) is 0. The standard InChI is InChI=1S/C15H22N2O2/c1-10(2)14-9-13(6-7-19-14)17-12-5-3-4-11(8-12)15(16)18/h3-5,8,10,13-14,17H,6-7,9H2,1-2H3,(H2,16,18). The van der Waals surface area contributed by atoms with Crippen LogP contribution in [0, 0.1) is 5.92 Å². The molecule has 0 aromatic heterocycles. The Kier molecular flexibility index (Phi) is 4.43. The van der Waals surface area contributed by atoms with Crippen LogP contribution in [0.4, 0.5) is 5.69 Å². The van der Waals surface area contributed by atoms with E-state index >= 15 is 0 Å². The molecule has 2 unspecified atom stereocenters. The smallest absolute Gasteiger partial charge is 0.248 e. The molecule has 1 aliphatic heterocycles. The third-order valence-corrected chi connectivity index (χ3v) is 3.58. The first-order valence-corrected chi connectivity index (χ1v) is 6.84. The first-order valence-electron chi connectivity index (χ1n) is 6.84. The van der Waals surface area contributed by atoms with Gasteiger partial charge in [0.1, 0.15) is 0 Å². The molecule has 4 nitrogen and oxygen atoms in total. The van der Waals surface area contributed by atoms with Gasteiger partial charge in [-0.3, -0.25) is 4.79 Å². The average molecular weight is 262 g/mol. The fourth-order valence-corrected chi connectivity index (χ4v) is 2.42. The van der Waals surface area contributed by atoms with Gasteiger partial charge in [-0.1, -0.05) is 19.9 Å². The van der Waals surface area contributed by atoms with Crippen molar-refractivity contribution in [1.29, 1.82) is 0 Å². The highest BCUT2D eigenvalue weighted by atomic mass is 16.5. The van der Waals surface area contributed by atoms with E-state index in [0.29, 0.717) is 23.6 Å². The molecular weight excluding hydrogens is 240 g/mol. The molecule has 1 aromatic rings. The van der Waals surface area contributed by atoms with Crippen LogP contribution in [0.3, 0.4) is 0 Å². The van der Waals surface area contributed by atoms with Crippen LogP contribution >= 0.6 is 0 Å². The van der Waals surface area contributed by atoms with Crippen molar-refractivity contribution in [3.8, 4) is 0 Å². The lowest BCUT2D eigenvalue weighted by molar-refractivity contribution is -0.0160.